The van der Waals surface area contributed by atoms with Crippen LogP contribution in [0.15, 0.2) is 48.5 Å². The topological polar surface area (TPSA) is 104 Å². The second kappa shape index (κ2) is 8.33. The van der Waals surface area contributed by atoms with Gasteiger partial charge in [0, 0.05) is 16.8 Å². The van der Waals surface area contributed by atoms with E-state index in [1.807, 2.05) is 0 Å². The predicted molar refractivity (Wildman–Crippen MR) is 97.5 cm³/mol. The smallest absolute Gasteiger partial charge is 0.285 e. The van der Waals surface area contributed by atoms with Crippen molar-refractivity contribution < 1.29 is 32.3 Å². The molecule has 0 bridgehead atoms. The number of halogens is 3. The van der Waals surface area contributed by atoms with E-state index in [2.05, 4.69) is 0 Å². The molecule has 1 aliphatic heterocycles. The number of anilines is 1. The number of hydrogen-bond donors (Lipinski definition) is 1. The summed E-state index contributed by atoms with van der Waals surface area (Å²) in [6, 6.07) is 10.7. The van der Waals surface area contributed by atoms with Crippen molar-refractivity contribution in [2.45, 2.75) is 13.0 Å². The summed E-state index contributed by atoms with van der Waals surface area (Å²) in [5, 5.41) is -0.301. The minimum atomic E-state index is -3.50. The molecule has 0 atom stereocenters. The van der Waals surface area contributed by atoms with Crippen molar-refractivity contribution in [3.05, 3.63) is 65.5 Å². The standard InChI is InChI=1S/C19H15F3N4O4/c20-14-8-11(17(28)26(23)18(29)16(21)22)6-7-12(14)9-25-15(27)10-24(19(25)30)13-4-2-1-3-5-13/h1-8,16H,9-10,23H2. The summed E-state index contributed by atoms with van der Waals surface area (Å²) >= 11 is 0. The molecule has 30 heavy (non-hydrogen) atoms. The SMILES string of the molecule is NN(C(=O)c1ccc(CN2C(=O)CN(c3ccccc3)C2=O)c(F)c1)C(=O)C(F)F. The highest BCUT2D eigenvalue weighted by Gasteiger charge is 2.37. The van der Waals surface area contributed by atoms with Gasteiger partial charge in [-0.1, -0.05) is 24.3 Å². The van der Waals surface area contributed by atoms with Gasteiger partial charge in [-0.05, 0) is 24.3 Å². The van der Waals surface area contributed by atoms with Crippen LogP contribution >= 0.6 is 0 Å². The molecule has 2 N–H and O–H groups in total. The molecule has 8 nitrogen and oxygen atoms in total. The molecule has 2 aromatic carbocycles. The van der Waals surface area contributed by atoms with Crippen LogP contribution in [0, 0.1) is 5.82 Å². The fourth-order valence-corrected chi connectivity index (χ4v) is 2.83. The van der Waals surface area contributed by atoms with Crippen LogP contribution in [0.4, 0.5) is 23.7 Å². The van der Waals surface area contributed by atoms with E-state index in [9.17, 15) is 32.3 Å². The Morgan fingerprint density at radius 1 is 1.10 bits per heavy atom. The number of hydrazine groups is 1. The quantitative estimate of drug-likeness (QED) is 0.344. The van der Waals surface area contributed by atoms with Crippen LogP contribution in [0.2, 0.25) is 0 Å². The first-order chi connectivity index (χ1) is 14.2. The van der Waals surface area contributed by atoms with Gasteiger partial charge >= 0.3 is 18.4 Å². The van der Waals surface area contributed by atoms with Crippen molar-refractivity contribution in [1.82, 2.24) is 9.91 Å². The third-order valence-electron chi connectivity index (χ3n) is 4.40. The highest BCUT2D eigenvalue weighted by molar-refractivity contribution is 6.12. The van der Waals surface area contributed by atoms with E-state index >= 15 is 0 Å². The number of nitrogens with zero attached hydrogens (tertiary/aromatic N) is 3. The Kier molecular flexibility index (Phi) is 5.83. The lowest BCUT2D eigenvalue weighted by Gasteiger charge is -2.18. The van der Waals surface area contributed by atoms with Crippen molar-refractivity contribution in [2.75, 3.05) is 11.4 Å². The van der Waals surface area contributed by atoms with E-state index in [0.717, 1.165) is 17.0 Å². The van der Waals surface area contributed by atoms with Gasteiger partial charge in [0.25, 0.3) is 11.8 Å². The van der Waals surface area contributed by atoms with Crippen molar-refractivity contribution >= 4 is 29.4 Å². The Morgan fingerprint density at radius 2 is 1.77 bits per heavy atom. The van der Waals surface area contributed by atoms with Crippen LogP contribution in [0.5, 0.6) is 0 Å². The first-order valence-corrected chi connectivity index (χ1v) is 8.57. The molecular formula is C19H15F3N4O4. The van der Waals surface area contributed by atoms with Crippen molar-refractivity contribution in [1.29, 1.82) is 0 Å². The summed E-state index contributed by atoms with van der Waals surface area (Å²) in [5.41, 5.74) is -0.0313. The molecule has 0 aliphatic carbocycles. The average molecular weight is 420 g/mol. The van der Waals surface area contributed by atoms with Gasteiger partial charge in [-0.2, -0.15) is 8.78 Å². The summed E-state index contributed by atoms with van der Waals surface area (Å²) in [5.74, 6) is 0.276. The number of nitrogens with two attached hydrogens (primary N) is 1. The summed E-state index contributed by atoms with van der Waals surface area (Å²) in [7, 11) is 0. The zero-order valence-electron chi connectivity index (χ0n) is 15.3. The van der Waals surface area contributed by atoms with E-state index in [0.29, 0.717) is 11.8 Å². The molecule has 11 heteroatoms. The lowest BCUT2D eigenvalue weighted by Crippen LogP contribution is -2.45. The maximum atomic E-state index is 14.5. The normalized spacial score (nSPS) is 13.9. The molecule has 1 saturated heterocycles. The average Bonchev–Trinajstić information content (AvgIpc) is 3.02. The lowest BCUT2D eigenvalue weighted by atomic mass is 10.1. The number of alkyl halides is 2. The Hall–Kier alpha value is -3.73. The number of hydrogen-bond acceptors (Lipinski definition) is 5. The molecule has 5 amide bonds. The predicted octanol–water partition coefficient (Wildman–Crippen LogP) is 1.90. The Balaban J connectivity index is 1.76. The second-order valence-electron chi connectivity index (χ2n) is 6.30. The molecule has 0 aromatic heterocycles. The summed E-state index contributed by atoms with van der Waals surface area (Å²) < 4.78 is 39.2. The van der Waals surface area contributed by atoms with E-state index in [-0.39, 0.29) is 17.1 Å². The molecule has 0 radical (unpaired) electrons. The minimum Gasteiger partial charge on any atom is -0.285 e. The Labute approximate surface area is 168 Å². The second-order valence-corrected chi connectivity index (χ2v) is 6.30. The van der Waals surface area contributed by atoms with Gasteiger partial charge < -0.3 is 0 Å². The van der Waals surface area contributed by atoms with Gasteiger partial charge in [0.1, 0.15) is 12.4 Å². The fraction of sp³-hybridized carbons (Fsp3) is 0.158. The largest absolute Gasteiger partial charge is 0.332 e. The number of carbonyl (C=O) groups excluding carboxylic acids is 4. The van der Waals surface area contributed by atoms with Gasteiger partial charge in [-0.3, -0.25) is 24.2 Å². The van der Waals surface area contributed by atoms with Crippen LogP contribution in [0.25, 0.3) is 0 Å². The molecule has 1 aliphatic rings. The van der Waals surface area contributed by atoms with Crippen molar-refractivity contribution in [3.8, 4) is 0 Å². The molecule has 0 unspecified atom stereocenters. The maximum absolute atomic E-state index is 14.5. The summed E-state index contributed by atoms with van der Waals surface area (Å²) in [4.78, 5) is 50.0. The van der Waals surface area contributed by atoms with Gasteiger partial charge in [0.05, 0.1) is 6.54 Å². The molecule has 0 spiro atoms. The summed E-state index contributed by atoms with van der Waals surface area (Å²) in [6.45, 7) is -0.609. The van der Waals surface area contributed by atoms with Gasteiger partial charge in [-0.25, -0.2) is 20.0 Å². The number of benzene rings is 2. The number of para-hydroxylation sites is 1. The van der Waals surface area contributed by atoms with E-state index in [1.54, 1.807) is 30.3 Å². The van der Waals surface area contributed by atoms with Gasteiger partial charge in [0.15, 0.2) is 0 Å². The first kappa shape index (κ1) is 21.0. The fourth-order valence-electron chi connectivity index (χ4n) is 2.83. The number of amides is 5. The van der Waals surface area contributed by atoms with Crippen LogP contribution in [-0.4, -0.2) is 46.6 Å². The number of imide groups is 2. The van der Waals surface area contributed by atoms with Crippen LogP contribution < -0.4 is 10.7 Å². The van der Waals surface area contributed by atoms with Crippen molar-refractivity contribution in [3.63, 3.8) is 0 Å². The Morgan fingerprint density at radius 3 is 2.37 bits per heavy atom. The van der Waals surface area contributed by atoms with Crippen LogP contribution in [0.1, 0.15) is 15.9 Å². The van der Waals surface area contributed by atoms with Crippen molar-refractivity contribution in [2.24, 2.45) is 5.84 Å². The lowest BCUT2D eigenvalue weighted by molar-refractivity contribution is -0.140. The highest BCUT2D eigenvalue weighted by atomic mass is 19.3. The third-order valence-corrected chi connectivity index (χ3v) is 4.40. The molecule has 3 rings (SSSR count). The highest BCUT2D eigenvalue weighted by Crippen LogP contribution is 2.23. The van der Waals surface area contributed by atoms with E-state index in [4.69, 9.17) is 5.84 Å². The molecule has 156 valence electrons. The third kappa shape index (κ3) is 4.01. The van der Waals surface area contributed by atoms with Gasteiger partial charge in [-0.15, -0.1) is 0 Å². The Bertz CT molecular complexity index is 1020. The van der Waals surface area contributed by atoms with Gasteiger partial charge in [0.2, 0.25) is 0 Å². The molecule has 1 heterocycles. The molecular weight excluding hydrogens is 405 g/mol. The minimum absolute atomic E-state index is 0.0908. The molecule has 0 saturated carbocycles. The van der Waals surface area contributed by atoms with E-state index in [1.165, 1.54) is 4.90 Å². The van der Waals surface area contributed by atoms with Crippen LogP contribution in [-0.2, 0) is 16.1 Å². The monoisotopic (exact) mass is 420 g/mol. The number of carbonyl (C=O) groups is 4. The summed E-state index contributed by atoms with van der Waals surface area (Å²) in [6.07, 6.45) is -3.50. The first-order valence-electron chi connectivity index (χ1n) is 8.57. The molecule has 2 aromatic rings. The molecule has 1 fully saturated rings. The number of rotatable bonds is 5. The zero-order chi connectivity index (χ0) is 22.0. The van der Waals surface area contributed by atoms with Crippen LogP contribution in [0.3, 0.4) is 0 Å². The maximum Gasteiger partial charge on any atom is 0.332 e. The van der Waals surface area contributed by atoms with E-state index < -0.39 is 48.1 Å². The zero-order valence-corrected chi connectivity index (χ0v) is 15.3. The number of urea groups is 1.